The predicted molar refractivity (Wildman–Crippen MR) is 75.4 cm³/mol. The van der Waals surface area contributed by atoms with Crippen molar-refractivity contribution in [3.8, 4) is 0 Å². The van der Waals surface area contributed by atoms with E-state index in [1.807, 2.05) is 0 Å². The normalized spacial score (nSPS) is 15.6. The van der Waals surface area contributed by atoms with Gasteiger partial charge >= 0.3 is 17.8 Å². The molecule has 1 aliphatic rings. The molecule has 1 saturated heterocycles. The number of esters is 1. The second-order valence-corrected chi connectivity index (χ2v) is 4.92. The minimum Gasteiger partial charge on any atom is -0.466 e. The summed E-state index contributed by atoms with van der Waals surface area (Å²) in [6, 6.07) is 0. The molecule has 0 aromatic rings. The van der Waals surface area contributed by atoms with Gasteiger partial charge in [-0.05, 0) is 26.2 Å². The number of ether oxygens (including phenoxy) is 2. The van der Waals surface area contributed by atoms with Crippen molar-refractivity contribution in [2.24, 2.45) is 5.92 Å². The van der Waals surface area contributed by atoms with E-state index in [0.29, 0.717) is 52.1 Å². The highest BCUT2D eigenvalue weighted by molar-refractivity contribution is 6.35. The zero-order chi connectivity index (χ0) is 15.7. The molecule has 0 unspecified atom stereocenters. The summed E-state index contributed by atoms with van der Waals surface area (Å²) in [6.45, 7) is 3.91. The van der Waals surface area contributed by atoms with E-state index in [1.165, 1.54) is 4.90 Å². The number of rotatable bonds is 6. The summed E-state index contributed by atoms with van der Waals surface area (Å²) in [5, 5.41) is 2.57. The molecule has 0 saturated carbocycles. The van der Waals surface area contributed by atoms with Crippen molar-refractivity contribution in [2.45, 2.75) is 26.2 Å². The average molecular weight is 300 g/mol. The second-order valence-electron chi connectivity index (χ2n) is 4.92. The fourth-order valence-corrected chi connectivity index (χ4v) is 2.22. The molecule has 0 atom stereocenters. The van der Waals surface area contributed by atoms with E-state index in [2.05, 4.69) is 5.32 Å². The molecule has 0 bridgehead atoms. The fraction of sp³-hybridized carbons (Fsp3) is 0.786. The summed E-state index contributed by atoms with van der Waals surface area (Å²) in [6.07, 6.45) is 1.75. The van der Waals surface area contributed by atoms with Gasteiger partial charge in [-0.15, -0.1) is 0 Å². The Morgan fingerprint density at radius 2 is 1.90 bits per heavy atom. The van der Waals surface area contributed by atoms with Crippen LogP contribution in [0.25, 0.3) is 0 Å². The van der Waals surface area contributed by atoms with E-state index in [0.717, 1.165) is 0 Å². The van der Waals surface area contributed by atoms with Crippen LogP contribution in [0.2, 0.25) is 0 Å². The Morgan fingerprint density at radius 1 is 1.24 bits per heavy atom. The number of hydrogen-bond acceptors (Lipinski definition) is 5. The van der Waals surface area contributed by atoms with Crippen LogP contribution in [0, 0.1) is 5.92 Å². The molecule has 0 aliphatic carbocycles. The van der Waals surface area contributed by atoms with Crippen LogP contribution < -0.4 is 5.32 Å². The molecule has 0 spiro atoms. The number of hydrogen-bond donors (Lipinski definition) is 1. The summed E-state index contributed by atoms with van der Waals surface area (Å²) in [5.74, 6) is -1.51. The Bertz CT molecular complexity index is 364. The molecular weight excluding hydrogens is 276 g/mol. The van der Waals surface area contributed by atoms with Crippen LogP contribution in [0.15, 0.2) is 0 Å². The molecule has 1 aliphatic heterocycles. The third-order valence-electron chi connectivity index (χ3n) is 3.41. The summed E-state index contributed by atoms with van der Waals surface area (Å²) in [5.41, 5.74) is 0. The van der Waals surface area contributed by atoms with Crippen molar-refractivity contribution < 1.29 is 23.9 Å². The van der Waals surface area contributed by atoms with E-state index >= 15 is 0 Å². The van der Waals surface area contributed by atoms with Crippen molar-refractivity contribution in [1.29, 1.82) is 0 Å². The van der Waals surface area contributed by atoms with Crippen LogP contribution in [0.3, 0.4) is 0 Å². The molecule has 2 amide bonds. The van der Waals surface area contributed by atoms with Gasteiger partial charge in [0, 0.05) is 33.4 Å². The van der Waals surface area contributed by atoms with Gasteiger partial charge in [-0.3, -0.25) is 14.4 Å². The predicted octanol–water partition coefficient (Wildman–Crippen LogP) is -0.0592. The highest BCUT2D eigenvalue weighted by Gasteiger charge is 2.30. The SMILES string of the molecule is CCOC(=O)C1CCN(C(=O)C(=O)NCCCOC)CC1. The van der Waals surface area contributed by atoms with Crippen LogP contribution in [-0.4, -0.2) is 62.6 Å². The van der Waals surface area contributed by atoms with Crippen molar-refractivity contribution in [3.63, 3.8) is 0 Å². The largest absolute Gasteiger partial charge is 0.466 e. The first-order valence-corrected chi connectivity index (χ1v) is 7.32. The third-order valence-corrected chi connectivity index (χ3v) is 3.41. The van der Waals surface area contributed by atoms with E-state index in [-0.39, 0.29) is 11.9 Å². The summed E-state index contributed by atoms with van der Waals surface area (Å²) >= 11 is 0. The van der Waals surface area contributed by atoms with Crippen molar-refractivity contribution in [2.75, 3.05) is 40.0 Å². The maximum Gasteiger partial charge on any atom is 0.311 e. The summed E-state index contributed by atoms with van der Waals surface area (Å²) in [4.78, 5) is 36.7. The van der Waals surface area contributed by atoms with Gasteiger partial charge < -0.3 is 19.7 Å². The number of carbonyl (C=O) groups excluding carboxylic acids is 3. The van der Waals surface area contributed by atoms with Gasteiger partial charge in [-0.1, -0.05) is 0 Å². The molecule has 1 heterocycles. The van der Waals surface area contributed by atoms with Crippen LogP contribution in [0.1, 0.15) is 26.2 Å². The zero-order valence-electron chi connectivity index (χ0n) is 12.7. The summed E-state index contributed by atoms with van der Waals surface area (Å²) in [7, 11) is 1.58. The molecule has 7 heteroatoms. The van der Waals surface area contributed by atoms with Crippen LogP contribution in [0.4, 0.5) is 0 Å². The number of methoxy groups -OCH3 is 1. The van der Waals surface area contributed by atoms with Crippen molar-refractivity contribution in [1.82, 2.24) is 10.2 Å². The molecule has 7 nitrogen and oxygen atoms in total. The molecule has 0 aromatic carbocycles. The van der Waals surface area contributed by atoms with E-state index in [4.69, 9.17) is 9.47 Å². The van der Waals surface area contributed by atoms with Gasteiger partial charge in [0.2, 0.25) is 0 Å². The Labute approximate surface area is 124 Å². The molecule has 0 radical (unpaired) electrons. The van der Waals surface area contributed by atoms with Gasteiger partial charge in [0.1, 0.15) is 0 Å². The minimum absolute atomic E-state index is 0.168. The van der Waals surface area contributed by atoms with E-state index in [9.17, 15) is 14.4 Å². The van der Waals surface area contributed by atoms with Crippen molar-refractivity contribution >= 4 is 17.8 Å². The average Bonchev–Trinajstić information content (AvgIpc) is 2.51. The van der Waals surface area contributed by atoms with Crippen LogP contribution in [-0.2, 0) is 23.9 Å². The molecule has 21 heavy (non-hydrogen) atoms. The molecule has 1 rings (SSSR count). The van der Waals surface area contributed by atoms with Gasteiger partial charge in [0.05, 0.1) is 12.5 Å². The van der Waals surface area contributed by atoms with E-state index < -0.39 is 11.8 Å². The zero-order valence-corrected chi connectivity index (χ0v) is 12.7. The molecule has 1 N–H and O–H groups in total. The monoisotopic (exact) mass is 300 g/mol. The topological polar surface area (TPSA) is 84.9 Å². The van der Waals surface area contributed by atoms with Gasteiger partial charge in [0.25, 0.3) is 0 Å². The Hall–Kier alpha value is -1.63. The Morgan fingerprint density at radius 3 is 2.48 bits per heavy atom. The first kappa shape index (κ1) is 17.4. The molecular formula is C14H24N2O5. The molecule has 120 valence electrons. The number of carbonyl (C=O) groups is 3. The lowest BCUT2D eigenvalue weighted by atomic mass is 9.97. The smallest absolute Gasteiger partial charge is 0.311 e. The maximum atomic E-state index is 11.9. The van der Waals surface area contributed by atoms with Crippen LogP contribution in [0.5, 0.6) is 0 Å². The van der Waals surface area contributed by atoms with E-state index in [1.54, 1.807) is 14.0 Å². The number of nitrogens with one attached hydrogen (secondary N) is 1. The first-order valence-electron chi connectivity index (χ1n) is 7.32. The standard InChI is InChI=1S/C14H24N2O5/c1-3-21-14(19)11-5-8-16(9-6-11)13(18)12(17)15-7-4-10-20-2/h11H,3-10H2,1-2H3,(H,15,17). The highest BCUT2D eigenvalue weighted by atomic mass is 16.5. The lowest BCUT2D eigenvalue weighted by Crippen LogP contribution is -2.47. The van der Waals surface area contributed by atoms with Gasteiger partial charge in [-0.2, -0.15) is 0 Å². The maximum absolute atomic E-state index is 11.9. The minimum atomic E-state index is -0.597. The lowest BCUT2D eigenvalue weighted by Gasteiger charge is -2.30. The number of amides is 2. The molecule has 0 aromatic heterocycles. The fourth-order valence-electron chi connectivity index (χ4n) is 2.22. The number of piperidine rings is 1. The van der Waals surface area contributed by atoms with Crippen LogP contribution >= 0.6 is 0 Å². The van der Waals surface area contributed by atoms with Crippen molar-refractivity contribution in [3.05, 3.63) is 0 Å². The van der Waals surface area contributed by atoms with Gasteiger partial charge in [0.15, 0.2) is 0 Å². The third kappa shape index (κ3) is 5.71. The number of nitrogens with zero attached hydrogens (tertiary/aromatic N) is 1. The quantitative estimate of drug-likeness (QED) is 0.422. The highest BCUT2D eigenvalue weighted by Crippen LogP contribution is 2.18. The summed E-state index contributed by atoms with van der Waals surface area (Å²) < 4.78 is 9.83. The lowest BCUT2D eigenvalue weighted by molar-refractivity contribution is -0.152. The molecule has 1 fully saturated rings. The number of likely N-dealkylation sites (tertiary alicyclic amines) is 1. The Kier molecular flexibility index (Phi) is 7.74. The Balaban J connectivity index is 2.31. The second kappa shape index (κ2) is 9.33. The first-order chi connectivity index (χ1) is 10.1. The van der Waals surface area contributed by atoms with Gasteiger partial charge in [-0.25, -0.2) is 0 Å².